The van der Waals surface area contributed by atoms with Gasteiger partial charge in [0.1, 0.15) is 11.7 Å². The smallest absolute Gasteiger partial charge is 0.266 e. The molecule has 0 bridgehead atoms. The molecule has 3 aromatic rings. The van der Waals surface area contributed by atoms with Gasteiger partial charge < -0.3 is 5.11 Å². The normalized spacial score (nSPS) is 23.2. The van der Waals surface area contributed by atoms with Crippen LogP contribution in [0.25, 0.3) is 0 Å². The van der Waals surface area contributed by atoms with E-state index in [1.54, 1.807) is 41.5 Å². The van der Waals surface area contributed by atoms with Crippen LogP contribution in [-0.2, 0) is 14.4 Å². The van der Waals surface area contributed by atoms with Crippen LogP contribution < -0.4 is 9.96 Å². The number of imide groups is 1. The minimum atomic E-state index is -0.955. The van der Waals surface area contributed by atoms with Gasteiger partial charge in [-0.15, -0.1) is 0 Å². The van der Waals surface area contributed by atoms with Gasteiger partial charge >= 0.3 is 0 Å². The van der Waals surface area contributed by atoms with Gasteiger partial charge in [0.2, 0.25) is 5.91 Å². The molecular formula is C24H20N2O4. The zero-order valence-corrected chi connectivity index (χ0v) is 16.3. The van der Waals surface area contributed by atoms with Crippen molar-refractivity contribution in [2.75, 3.05) is 9.96 Å². The third-order valence-electron chi connectivity index (χ3n) is 5.67. The number of hydrogen-bond donors (Lipinski definition) is 1. The molecule has 0 spiro atoms. The summed E-state index contributed by atoms with van der Waals surface area (Å²) in [5.41, 5.74) is 2.82. The Morgan fingerprint density at radius 3 is 2.17 bits per heavy atom. The number of benzene rings is 3. The van der Waals surface area contributed by atoms with Gasteiger partial charge in [-0.3, -0.25) is 14.4 Å². The van der Waals surface area contributed by atoms with Crippen molar-refractivity contribution in [1.82, 2.24) is 0 Å². The average molecular weight is 400 g/mol. The molecule has 3 aromatic carbocycles. The van der Waals surface area contributed by atoms with Gasteiger partial charge in [0.05, 0.1) is 17.4 Å². The number of aryl methyl sites for hydroxylation is 1. The topological polar surface area (TPSA) is 70.1 Å². The summed E-state index contributed by atoms with van der Waals surface area (Å²) in [6.45, 7) is 1.95. The molecule has 2 amide bonds. The summed E-state index contributed by atoms with van der Waals surface area (Å²) >= 11 is 0. The Bertz CT molecular complexity index is 1110. The van der Waals surface area contributed by atoms with E-state index in [2.05, 4.69) is 0 Å². The Labute approximate surface area is 173 Å². The van der Waals surface area contributed by atoms with Crippen LogP contribution in [0.1, 0.15) is 17.2 Å². The van der Waals surface area contributed by atoms with Crippen molar-refractivity contribution in [3.8, 4) is 5.75 Å². The van der Waals surface area contributed by atoms with E-state index in [4.69, 9.17) is 4.84 Å². The van der Waals surface area contributed by atoms with Gasteiger partial charge in [0.15, 0.2) is 6.10 Å². The van der Waals surface area contributed by atoms with E-state index >= 15 is 0 Å². The zero-order valence-electron chi connectivity index (χ0n) is 16.3. The minimum Gasteiger partial charge on any atom is -0.508 e. The van der Waals surface area contributed by atoms with E-state index in [0.29, 0.717) is 16.9 Å². The van der Waals surface area contributed by atoms with Crippen LogP contribution in [0, 0.1) is 12.8 Å². The van der Waals surface area contributed by atoms with Crippen molar-refractivity contribution in [3.63, 3.8) is 0 Å². The van der Waals surface area contributed by atoms with E-state index in [-0.39, 0.29) is 11.7 Å². The molecule has 2 heterocycles. The third kappa shape index (κ3) is 2.76. The Morgan fingerprint density at radius 1 is 0.800 bits per heavy atom. The van der Waals surface area contributed by atoms with Gasteiger partial charge in [0, 0.05) is 5.56 Å². The highest BCUT2D eigenvalue weighted by molar-refractivity contribution is 6.23. The average Bonchev–Trinajstić information content (AvgIpc) is 3.26. The number of hydroxylamine groups is 1. The summed E-state index contributed by atoms with van der Waals surface area (Å²) in [4.78, 5) is 33.9. The first-order chi connectivity index (χ1) is 14.6. The summed E-state index contributed by atoms with van der Waals surface area (Å²) < 4.78 is 0. The predicted octanol–water partition coefficient (Wildman–Crippen LogP) is 3.75. The largest absolute Gasteiger partial charge is 0.508 e. The van der Waals surface area contributed by atoms with Crippen molar-refractivity contribution in [1.29, 1.82) is 0 Å². The highest BCUT2D eigenvalue weighted by atomic mass is 16.7. The molecule has 0 unspecified atom stereocenters. The Kier molecular flexibility index (Phi) is 4.29. The SMILES string of the molecule is Cc1ccc(N2C(=O)[C@H]3[C@@H](ON(c4ccccc4)[C@H]3c3ccccc3O)C2=O)cc1. The van der Waals surface area contributed by atoms with Crippen LogP contribution in [0.2, 0.25) is 0 Å². The van der Waals surface area contributed by atoms with E-state index in [0.717, 1.165) is 5.56 Å². The molecule has 150 valence electrons. The summed E-state index contributed by atoms with van der Waals surface area (Å²) in [7, 11) is 0. The molecule has 30 heavy (non-hydrogen) atoms. The van der Waals surface area contributed by atoms with Gasteiger partial charge in [-0.1, -0.05) is 54.1 Å². The number of anilines is 2. The first kappa shape index (κ1) is 18.4. The molecule has 6 nitrogen and oxygen atoms in total. The van der Waals surface area contributed by atoms with Crippen LogP contribution in [0.5, 0.6) is 5.75 Å². The number of nitrogens with zero attached hydrogens (tertiary/aromatic N) is 2. The van der Waals surface area contributed by atoms with Crippen molar-refractivity contribution in [2.45, 2.75) is 19.1 Å². The van der Waals surface area contributed by atoms with Crippen LogP contribution in [0.4, 0.5) is 11.4 Å². The highest BCUT2D eigenvalue weighted by Gasteiger charge is 2.60. The first-order valence-electron chi connectivity index (χ1n) is 9.79. The standard InChI is InChI=1S/C24H20N2O4/c1-15-11-13-16(14-12-15)25-23(28)20-21(18-9-5-6-10-19(18)27)26(30-22(20)24(25)29)17-7-3-2-4-8-17/h2-14,20-22,27H,1H3/t20-,21+,22-/m1/s1. The number of phenolic OH excluding ortho intramolecular Hbond substituents is 1. The van der Waals surface area contributed by atoms with Crippen molar-refractivity contribution in [2.24, 2.45) is 5.92 Å². The van der Waals surface area contributed by atoms with Crippen LogP contribution in [0.15, 0.2) is 78.9 Å². The zero-order chi connectivity index (χ0) is 20.8. The van der Waals surface area contributed by atoms with Gasteiger partial charge in [-0.05, 0) is 37.3 Å². The van der Waals surface area contributed by atoms with Crippen molar-refractivity contribution < 1.29 is 19.5 Å². The molecule has 2 aliphatic rings. The summed E-state index contributed by atoms with van der Waals surface area (Å²) in [6, 6.07) is 22.8. The maximum Gasteiger partial charge on any atom is 0.266 e. The maximum atomic E-state index is 13.5. The number of fused-ring (bicyclic) bond motifs is 1. The lowest BCUT2D eigenvalue weighted by Gasteiger charge is -2.29. The Morgan fingerprint density at radius 2 is 1.47 bits per heavy atom. The number of amides is 2. The Balaban J connectivity index is 1.60. The van der Waals surface area contributed by atoms with E-state index in [9.17, 15) is 14.7 Å². The van der Waals surface area contributed by atoms with Crippen molar-refractivity contribution in [3.05, 3.63) is 90.0 Å². The number of hydrogen-bond acceptors (Lipinski definition) is 5. The van der Waals surface area contributed by atoms with Crippen molar-refractivity contribution >= 4 is 23.2 Å². The lowest BCUT2D eigenvalue weighted by molar-refractivity contribution is -0.126. The van der Waals surface area contributed by atoms with E-state index in [1.807, 2.05) is 49.4 Å². The van der Waals surface area contributed by atoms with Crippen LogP contribution in [0.3, 0.4) is 0 Å². The highest BCUT2D eigenvalue weighted by Crippen LogP contribution is 2.49. The molecule has 2 saturated heterocycles. The monoisotopic (exact) mass is 400 g/mol. The fourth-order valence-electron chi connectivity index (χ4n) is 4.22. The fourth-order valence-corrected chi connectivity index (χ4v) is 4.22. The van der Waals surface area contributed by atoms with E-state index < -0.39 is 24.0 Å². The molecule has 6 heteroatoms. The Hall–Kier alpha value is -3.64. The molecule has 0 radical (unpaired) electrons. The van der Waals surface area contributed by atoms with Crippen LogP contribution >= 0.6 is 0 Å². The van der Waals surface area contributed by atoms with Gasteiger partial charge in [-0.2, -0.15) is 0 Å². The second-order valence-electron chi connectivity index (χ2n) is 7.56. The third-order valence-corrected chi connectivity index (χ3v) is 5.67. The predicted molar refractivity (Wildman–Crippen MR) is 112 cm³/mol. The molecule has 0 aliphatic carbocycles. The molecule has 2 aliphatic heterocycles. The van der Waals surface area contributed by atoms with E-state index in [1.165, 1.54) is 4.90 Å². The minimum absolute atomic E-state index is 0.0571. The number of phenols is 1. The second kappa shape index (κ2) is 7.00. The number of rotatable bonds is 3. The van der Waals surface area contributed by atoms with Crippen LogP contribution in [-0.4, -0.2) is 23.0 Å². The quantitative estimate of drug-likeness (QED) is 0.678. The summed E-state index contributed by atoms with van der Waals surface area (Å²) in [6.07, 6.45) is -0.955. The van der Waals surface area contributed by atoms with Gasteiger partial charge in [0.25, 0.3) is 5.91 Å². The lowest BCUT2D eigenvalue weighted by Crippen LogP contribution is -2.37. The summed E-state index contributed by atoms with van der Waals surface area (Å²) in [5, 5.41) is 12.1. The second-order valence-corrected chi connectivity index (χ2v) is 7.56. The molecule has 0 aromatic heterocycles. The lowest BCUT2D eigenvalue weighted by atomic mass is 9.90. The molecule has 2 fully saturated rings. The number of para-hydroxylation sites is 2. The number of aromatic hydroxyl groups is 1. The van der Waals surface area contributed by atoms with Gasteiger partial charge in [-0.25, -0.2) is 9.96 Å². The number of carbonyl (C=O) groups is 2. The molecular weight excluding hydrogens is 380 g/mol. The fraction of sp³-hybridized carbons (Fsp3) is 0.167. The number of carbonyl (C=O) groups excluding carboxylic acids is 2. The maximum absolute atomic E-state index is 13.5. The molecule has 0 saturated carbocycles. The first-order valence-corrected chi connectivity index (χ1v) is 9.79. The molecule has 3 atom stereocenters. The molecule has 1 N–H and O–H groups in total. The molecule has 5 rings (SSSR count). The summed E-state index contributed by atoms with van der Waals surface area (Å²) in [5.74, 6) is -1.44.